The fourth-order valence-electron chi connectivity index (χ4n) is 5.73. The van der Waals surface area contributed by atoms with E-state index in [0.29, 0.717) is 25.0 Å². The van der Waals surface area contributed by atoms with Crippen LogP contribution in [0.3, 0.4) is 0 Å². The molecule has 0 rings (SSSR count). The Morgan fingerprint density at radius 3 is 1.68 bits per heavy atom. The van der Waals surface area contributed by atoms with Gasteiger partial charge in [-0.25, -0.2) is 19.2 Å². The Morgan fingerprint density at radius 2 is 1.15 bits per heavy atom. The van der Waals surface area contributed by atoms with E-state index in [-0.39, 0.29) is 31.3 Å². The van der Waals surface area contributed by atoms with Crippen LogP contribution in [-0.2, 0) is 47.7 Å². The Morgan fingerprint density at radius 1 is 0.600 bits per heavy atom. The molecule has 0 fully saturated rings. The number of hydrogen-bond donors (Lipinski definition) is 4. The molecular weight excluding hydrogens is 797 g/mol. The Bertz CT molecular complexity index is 1270. The first-order valence-corrected chi connectivity index (χ1v) is 22.9. The maximum Gasteiger partial charge on any atom is 0.408 e. The Labute approximate surface area is 363 Å². The summed E-state index contributed by atoms with van der Waals surface area (Å²) in [6.45, 7) is 13.4. The van der Waals surface area contributed by atoms with E-state index < -0.39 is 71.9 Å². The highest BCUT2D eigenvalue weighted by molar-refractivity contribution is 7.99. The minimum atomic E-state index is -1.45. The minimum absolute atomic E-state index is 0.0971. The van der Waals surface area contributed by atoms with Crippen molar-refractivity contribution >= 4 is 53.7 Å². The van der Waals surface area contributed by atoms with Gasteiger partial charge in [-0.05, 0) is 67.2 Å². The molecule has 0 heterocycles. The summed E-state index contributed by atoms with van der Waals surface area (Å²) >= 11 is 1.27. The van der Waals surface area contributed by atoms with Crippen LogP contribution in [0.25, 0.3) is 0 Å². The number of ether oxygens (including phenoxy) is 5. The molecule has 4 N–H and O–H groups in total. The van der Waals surface area contributed by atoms with Gasteiger partial charge in [-0.2, -0.15) is 11.8 Å². The second-order valence-electron chi connectivity index (χ2n) is 16.9. The summed E-state index contributed by atoms with van der Waals surface area (Å²) in [5.41, 5.74) is -1.51. The van der Waals surface area contributed by atoms with Crippen molar-refractivity contribution in [1.29, 1.82) is 0 Å². The first-order chi connectivity index (χ1) is 28.3. The third-order valence-corrected chi connectivity index (χ3v) is 9.74. The number of carbonyl (C=O) groups excluding carboxylic acids is 7. The smallest absolute Gasteiger partial charge is 0.408 e. The Kier molecular flexibility index (Phi) is 30.9. The third-order valence-electron chi connectivity index (χ3n) is 8.71. The average Bonchev–Trinajstić information content (AvgIpc) is 3.14. The van der Waals surface area contributed by atoms with Gasteiger partial charge in [0.15, 0.2) is 6.04 Å². The van der Waals surface area contributed by atoms with E-state index in [2.05, 4.69) is 28.2 Å². The molecule has 0 saturated heterocycles. The van der Waals surface area contributed by atoms with Crippen molar-refractivity contribution in [3.63, 3.8) is 0 Å². The summed E-state index contributed by atoms with van der Waals surface area (Å²) in [6.07, 6.45) is 15.7. The van der Waals surface area contributed by atoms with Gasteiger partial charge in [-0.3, -0.25) is 14.4 Å². The molecule has 0 spiro atoms. The van der Waals surface area contributed by atoms with E-state index in [0.717, 1.165) is 26.4 Å². The third kappa shape index (κ3) is 33.0. The van der Waals surface area contributed by atoms with Crippen LogP contribution in [0.15, 0.2) is 0 Å². The highest BCUT2D eigenvalue weighted by Crippen LogP contribution is 2.14. The summed E-state index contributed by atoms with van der Waals surface area (Å²) in [7, 11) is 1.10. The summed E-state index contributed by atoms with van der Waals surface area (Å²) in [5, 5.41) is 10.1. The van der Waals surface area contributed by atoms with Crippen LogP contribution < -0.4 is 21.3 Å². The van der Waals surface area contributed by atoms with Crippen molar-refractivity contribution in [1.82, 2.24) is 21.3 Å². The monoisotopic (exact) mass is 875 g/mol. The van der Waals surface area contributed by atoms with Gasteiger partial charge in [-0.15, -0.1) is 0 Å². The molecule has 0 saturated carbocycles. The van der Waals surface area contributed by atoms with E-state index in [9.17, 15) is 33.6 Å². The lowest BCUT2D eigenvalue weighted by molar-refractivity contribution is -0.153. The van der Waals surface area contributed by atoms with Gasteiger partial charge in [0.1, 0.15) is 36.5 Å². The molecule has 4 amide bonds. The van der Waals surface area contributed by atoms with Crippen molar-refractivity contribution < 1.29 is 57.2 Å². The summed E-state index contributed by atoms with van der Waals surface area (Å²) < 4.78 is 26.1. The highest BCUT2D eigenvalue weighted by Gasteiger charge is 2.31. The van der Waals surface area contributed by atoms with Crippen LogP contribution in [-0.4, -0.2) is 110 Å². The number of nitrogens with one attached hydrogen (secondary N) is 4. The molecule has 0 aliphatic rings. The predicted octanol–water partition coefficient (Wildman–Crippen LogP) is 7.04. The number of esters is 3. The second kappa shape index (κ2) is 32.9. The molecular formula is C43H78N4O12S. The zero-order valence-electron chi connectivity index (χ0n) is 38.1. The van der Waals surface area contributed by atoms with Crippen LogP contribution in [0, 0.1) is 0 Å². The molecule has 0 aromatic carbocycles. The number of methoxy groups -OCH3 is 1. The van der Waals surface area contributed by atoms with Gasteiger partial charge >= 0.3 is 30.1 Å². The molecule has 0 aliphatic heterocycles. The molecule has 0 aliphatic carbocycles. The number of alkyl carbamates (subject to hydrolysis) is 2. The van der Waals surface area contributed by atoms with Crippen molar-refractivity contribution in [3.05, 3.63) is 0 Å². The van der Waals surface area contributed by atoms with Gasteiger partial charge in [0.25, 0.3) is 0 Å². The highest BCUT2D eigenvalue weighted by atomic mass is 32.2. The quantitative estimate of drug-likeness (QED) is 0.0304. The number of hydrogen-bond acceptors (Lipinski definition) is 13. The Hall–Kier alpha value is -3.76. The van der Waals surface area contributed by atoms with Crippen LogP contribution >= 0.6 is 11.8 Å². The van der Waals surface area contributed by atoms with Crippen molar-refractivity contribution in [3.8, 4) is 0 Å². The van der Waals surface area contributed by atoms with Gasteiger partial charge < -0.3 is 45.0 Å². The number of unbranched alkanes of at least 4 members (excludes halogenated alkanes) is 13. The van der Waals surface area contributed by atoms with Gasteiger partial charge in [0.2, 0.25) is 11.8 Å². The molecule has 17 heteroatoms. The normalized spacial score (nSPS) is 12.9. The van der Waals surface area contributed by atoms with Crippen molar-refractivity contribution in [2.24, 2.45) is 0 Å². The van der Waals surface area contributed by atoms with E-state index >= 15 is 0 Å². The van der Waals surface area contributed by atoms with Crippen LogP contribution in [0.2, 0.25) is 0 Å². The molecule has 0 aromatic rings. The molecule has 0 bridgehead atoms. The standard InChI is InChI=1S/C43H78N4O12S/c1-10-11-12-13-14-15-16-17-18-19-20-21-22-26-36(49)56-28-29-60-31-35(45-32(2)48)37(50)46-34(38(51)55-9)30-57-39(52)33(47-41(54)59-43(6,7)8)25-23-24-27-44-40(53)58-42(3,4)5/h33-35H,10-31H2,1-9H3,(H,44,53)(H,45,48)(H,46,50)(H,47,54)/t33-,34-,35-/m0/s1. The molecule has 0 unspecified atom stereocenters. The maximum atomic E-state index is 13.3. The van der Waals surface area contributed by atoms with E-state index in [1.165, 1.54) is 82.9 Å². The van der Waals surface area contributed by atoms with E-state index in [4.69, 9.17) is 23.7 Å². The zero-order valence-corrected chi connectivity index (χ0v) is 38.9. The largest absolute Gasteiger partial charge is 0.467 e. The fraction of sp³-hybridized carbons (Fsp3) is 0.837. The van der Waals surface area contributed by atoms with Crippen LogP contribution in [0.5, 0.6) is 0 Å². The number of thioether (sulfide) groups is 1. The molecule has 60 heavy (non-hydrogen) atoms. The Balaban J connectivity index is 4.94. The molecule has 0 radical (unpaired) electrons. The SMILES string of the molecule is CCCCCCCCCCCCCCCC(=O)OCCSC[C@H](NC(C)=O)C(=O)N[C@@H](COC(=O)[C@H](CCCCNC(=O)OC(C)(C)C)NC(=O)OC(C)(C)C)C(=O)OC. The molecule has 3 atom stereocenters. The lowest BCUT2D eigenvalue weighted by atomic mass is 10.0. The first-order valence-electron chi connectivity index (χ1n) is 21.8. The lowest BCUT2D eigenvalue weighted by Gasteiger charge is -2.24. The van der Waals surface area contributed by atoms with Crippen molar-refractivity contribution in [2.75, 3.05) is 38.4 Å². The summed E-state index contributed by atoms with van der Waals surface area (Å²) in [4.78, 5) is 87.9. The second-order valence-corrected chi connectivity index (χ2v) is 18.0. The van der Waals surface area contributed by atoms with Crippen molar-refractivity contribution in [2.45, 2.75) is 194 Å². The lowest BCUT2D eigenvalue weighted by Crippen LogP contribution is -2.54. The molecule has 0 aromatic heterocycles. The summed E-state index contributed by atoms with van der Waals surface area (Å²) in [5.74, 6) is -2.84. The van der Waals surface area contributed by atoms with Crippen LogP contribution in [0.1, 0.15) is 165 Å². The van der Waals surface area contributed by atoms with Crippen LogP contribution in [0.4, 0.5) is 9.59 Å². The first kappa shape index (κ1) is 56.2. The summed E-state index contributed by atoms with van der Waals surface area (Å²) in [6, 6.07) is -3.71. The van der Waals surface area contributed by atoms with E-state index in [1.807, 2.05) is 0 Å². The fourth-order valence-corrected chi connectivity index (χ4v) is 6.57. The zero-order chi connectivity index (χ0) is 45.4. The van der Waals surface area contributed by atoms with E-state index in [1.54, 1.807) is 41.5 Å². The maximum absolute atomic E-state index is 13.3. The number of rotatable bonds is 32. The topological polar surface area (TPSA) is 214 Å². The molecule has 16 nitrogen and oxygen atoms in total. The number of amides is 4. The minimum Gasteiger partial charge on any atom is -0.467 e. The van der Waals surface area contributed by atoms with Gasteiger partial charge in [0, 0.05) is 31.4 Å². The van der Waals surface area contributed by atoms with Gasteiger partial charge in [0.05, 0.1) is 7.11 Å². The molecule has 348 valence electrons. The predicted molar refractivity (Wildman–Crippen MR) is 232 cm³/mol. The van der Waals surface area contributed by atoms with Gasteiger partial charge in [-0.1, -0.05) is 84.0 Å². The number of carbonyl (C=O) groups is 7. The average molecular weight is 875 g/mol.